The number of cyclic esters (lactones) is 1. The van der Waals surface area contributed by atoms with Crippen LogP contribution in [0.3, 0.4) is 0 Å². The fourth-order valence-electron chi connectivity index (χ4n) is 5.24. The highest BCUT2D eigenvalue weighted by atomic mass is 16.7. The molecule has 2 aromatic carbocycles. The fourth-order valence-corrected chi connectivity index (χ4v) is 5.24. The minimum atomic E-state index is -0.637. The highest BCUT2D eigenvalue weighted by molar-refractivity contribution is 5.84. The Labute approximate surface area is 188 Å². The molecule has 9 heteroatoms. The van der Waals surface area contributed by atoms with Gasteiger partial charge in [0.05, 0.1) is 25.2 Å². The zero-order chi connectivity index (χ0) is 22.7. The Balaban J connectivity index is 1.61. The summed E-state index contributed by atoms with van der Waals surface area (Å²) in [5.74, 6) is -0.326. The summed E-state index contributed by atoms with van der Waals surface area (Å²) >= 11 is 0. The Hall–Kier alpha value is -3.88. The number of benzene rings is 2. The summed E-state index contributed by atoms with van der Waals surface area (Å²) in [5, 5.41) is 0. The quantitative estimate of drug-likeness (QED) is 0.559. The van der Waals surface area contributed by atoms with Gasteiger partial charge in [0.2, 0.25) is 6.79 Å². The Morgan fingerprint density at radius 1 is 1.03 bits per heavy atom. The molecule has 1 saturated heterocycles. The van der Waals surface area contributed by atoms with Crippen molar-refractivity contribution in [1.82, 2.24) is 9.97 Å². The number of hydrogen-bond acceptors (Lipinski definition) is 9. The van der Waals surface area contributed by atoms with Crippen LogP contribution in [0.1, 0.15) is 35.6 Å². The van der Waals surface area contributed by atoms with Crippen LogP contribution in [0.15, 0.2) is 36.7 Å². The summed E-state index contributed by atoms with van der Waals surface area (Å²) in [4.78, 5) is 33.8. The SMILES string of the molecule is COc1cc([C@@H]2c3cc4c(cc3[C@H](OC(C)=O)[C@H]3COC(=O)[C@H]23)OCO4)cc2nccnc12. The Morgan fingerprint density at radius 2 is 1.79 bits per heavy atom. The summed E-state index contributed by atoms with van der Waals surface area (Å²) < 4.78 is 28.0. The number of aromatic nitrogens is 2. The molecule has 1 fully saturated rings. The van der Waals surface area contributed by atoms with Gasteiger partial charge in [-0.2, -0.15) is 0 Å². The van der Waals surface area contributed by atoms with Crippen LogP contribution in [-0.2, 0) is 19.1 Å². The molecule has 1 aromatic heterocycles. The molecular weight excluding hydrogens is 428 g/mol. The van der Waals surface area contributed by atoms with Crippen LogP contribution in [0.4, 0.5) is 0 Å². The van der Waals surface area contributed by atoms with Crippen LogP contribution >= 0.6 is 0 Å². The molecule has 3 aromatic rings. The number of rotatable bonds is 3. The minimum Gasteiger partial charge on any atom is -0.494 e. The van der Waals surface area contributed by atoms with Crippen molar-refractivity contribution in [1.29, 1.82) is 0 Å². The molecule has 0 bridgehead atoms. The molecule has 33 heavy (non-hydrogen) atoms. The molecule has 1 aliphatic carbocycles. The third-order valence-electron chi connectivity index (χ3n) is 6.55. The predicted octanol–water partition coefficient (Wildman–Crippen LogP) is 2.91. The first kappa shape index (κ1) is 19.8. The van der Waals surface area contributed by atoms with E-state index >= 15 is 0 Å². The van der Waals surface area contributed by atoms with Crippen molar-refractivity contribution in [3.05, 3.63) is 53.3 Å². The molecular formula is C24H20N2O7. The van der Waals surface area contributed by atoms with Gasteiger partial charge in [0.15, 0.2) is 11.5 Å². The number of ether oxygens (including phenoxy) is 5. The number of nitrogens with zero attached hydrogens (tertiary/aromatic N) is 2. The van der Waals surface area contributed by atoms with E-state index in [-0.39, 0.29) is 31.2 Å². The zero-order valence-electron chi connectivity index (χ0n) is 17.9. The highest BCUT2D eigenvalue weighted by Crippen LogP contribution is 2.55. The van der Waals surface area contributed by atoms with Gasteiger partial charge in [0.1, 0.15) is 17.4 Å². The molecule has 0 saturated carbocycles. The molecule has 3 aliphatic rings. The molecule has 0 N–H and O–H groups in total. The molecule has 168 valence electrons. The molecule has 2 aliphatic heterocycles. The minimum absolute atomic E-state index is 0.107. The van der Waals surface area contributed by atoms with Crippen molar-refractivity contribution in [2.24, 2.45) is 11.8 Å². The van der Waals surface area contributed by atoms with Crippen LogP contribution in [0.25, 0.3) is 11.0 Å². The van der Waals surface area contributed by atoms with Gasteiger partial charge in [-0.25, -0.2) is 4.98 Å². The second-order valence-electron chi connectivity index (χ2n) is 8.31. The van der Waals surface area contributed by atoms with E-state index in [0.29, 0.717) is 28.3 Å². The van der Waals surface area contributed by atoms with Gasteiger partial charge in [-0.1, -0.05) is 0 Å². The van der Waals surface area contributed by atoms with Crippen LogP contribution in [0, 0.1) is 11.8 Å². The van der Waals surface area contributed by atoms with E-state index in [1.54, 1.807) is 19.5 Å². The van der Waals surface area contributed by atoms with Gasteiger partial charge in [0.25, 0.3) is 0 Å². The number of hydrogen-bond donors (Lipinski definition) is 0. The Morgan fingerprint density at radius 3 is 2.55 bits per heavy atom. The second-order valence-corrected chi connectivity index (χ2v) is 8.31. The number of esters is 2. The molecule has 6 rings (SSSR count). The standard InChI is InChI=1S/C24H20N2O7/c1-11(27)33-23-14-8-18-17(31-10-32-18)7-13(14)20(21-15(23)9-30-24(21)28)12-5-16-22(19(6-12)29-2)26-4-3-25-16/h3-8,15,20-21,23H,9-10H2,1-2H3/t15-,20+,21-,23-/m0/s1. The Bertz CT molecular complexity index is 1310. The molecule has 0 spiro atoms. The van der Waals surface area contributed by atoms with Crippen molar-refractivity contribution in [3.63, 3.8) is 0 Å². The average Bonchev–Trinajstić information content (AvgIpc) is 3.43. The Kier molecular flexibility index (Phi) is 4.39. The number of fused-ring (bicyclic) bond motifs is 4. The van der Waals surface area contributed by atoms with Crippen LogP contribution in [0.2, 0.25) is 0 Å². The smallest absolute Gasteiger partial charge is 0.310 e. The first-order valence-electron chi connectivity index (χ1n) is 10.6. The summed E-state index contributed by atoms with van der Waals surface area (Å²) in [6.45, 7) is 1.63. The average molecular weight is 448 g/mol. The van der Waals surface area contributed by atoms with Crippen molar-refractivity contribution < 1.29 is 33.3 Å². The summed E-state index contributed by atoms with van der Waals surface area (Å²) in [5.41, 5.74) is 3.70. The van der Waals surface area contributed by atoms with Gasteiger partial charge in [-0.05, 0) is 35.4 Å². The van der Waals surface area contributed by atoms with Crippen LogP contribution in [-0.4, -0.2) is 42.4 Å². The molecule has 9 nitrogen and oxygen atoms in total. The van der Waals surface area contributed by atoms with E-state index < -0.39 is 18.0 Å². The lowest BCUT2D eigenvalue weighted by atomic mass is 9.66. The number of carbonyl (C=O) groups is 2. The van der Waals surface area contributed by atoms with Crippen molar-refractivity contribution >= 4 is 23.0 Å². The molecule has 0 unspecified atom stereocenters. The first-order chi connectivity index (χ1) is 16.0. The van der Waals surface area contributed by atoms with Crippen molar-refractivity contribution in [3.8, 4) is 17.2 Å². The molecule has 4 atom stereocenters. The second kappa shape index (κ2) is 7.33. The summed E-state index contributed by atoms with van der Waals surface area (Å²) in [7, 11) is 1.57. The first-order valence-corrected chi connectivity index (χ1v) is 10.6. The third-order valence-corrected chi connectivity index (χ3v) is 6.55. The largest absolute Gasteiger partial charge is 0.494 e. The molecule has 0 radical (unpaired) electrons. The lowest BCUT2D eigenvalue weighted by Gasteiger charge is -2.38. The van der Waals surface area contributed by atoms with Crippen molar-refractivity contribution in [2.45, 2.75) is 18.9 Å². The maximum atomic E-state index is 13.0. The van der Waals surface area contributed by atoms with E-state index in [9.17, 15) is 9.59 Å². The van der Waals surface area contributed by atoms with Crippen LogP contribution in [0.5, 0.6) is 17.2 Å². The van der Waals surface area contributed by atoms with E-state index in [0.717, 1.165) is 16.7 Å². The topological polar surface area (TPSA) is 106 Å². The lowest BCUT2D eigenvalue weighted by molar-refractivity contribution is -0.152. The van der Waals surface area contributed by atoms with Crippen molar-refractivity contribution in [2.75, 3.05) is 20.5 Å². The summed E-state index contributed by atoms with van der Waals surface area (Å²) in [6, 6.07) is 7.51. The van der Waals surface area contributed by atoms with E-state index in [1.807, 2.05) is 24.3 Å². The van der Waals surface area contributed by atoms with E-state index in [2.05, 4.69) is 9.97 Å². The highest BCUT2D eigenvalue weighted by Gasteiger charge is 2.53. The van der Waals surface area contributed by atoms with Gasteiger partial charge >= 0.3 is 11.9 Å². The maximum absolute atomic E-state index is 13.0. The maximum Gasteiger partial charge on any atom is 0.310 e. The lowest BCUT2D eigenvalue weighted by Crippen LogP contribution is -2.36. The summed E-state index contributed by atoms with van der Waals surface area (Å²) in [6.07, 6.45) is 2.58. The van der Waals surface area contributed by atoms with Crippen LogP contribution < -0.4 is 14.2 Å². The van der Waals surface area contributed by atoms with Gasteiger partial charge in [0, 0.05) is 36.7 Å². The fraction of sp³-hybridized carbons (Fsp3) is 0.333. The zero-order valence-corrected chi connectivity index (χ0v) is 17.9. The number of carbonyl (C=O) groups excluding carboxylic acids is 2. The van der Waals surface area contributed by atoms with Gasteiger partial charge in [-0.3, -0.25) is 14.6 Å². The predicted molar refractivity (Wildman–Crippen MR) is 113 cm³/mol. The third kappa shape index (κ3) is 2.99. The molecule has 0 amide bonds. The van der Waals surface area contributed by atoms with E-state index in [4.69, 9.17) is 23.7 Å². The van der Waals surface area contributed by atoms with E-state index in [1.165, 1.54) is 6.92 Å². The monoisotopic (exact) mass is 448 g/mol. The molecule has 3 heterocycles. The van der Waals surface area contributed by atoms with Gasteiger partial charge < -0.3 is 23.7 Å². The normalized spacial score (nSPS) is 24.7. The number of methoxy groups -OCH3 is 1. The van der Waals surface area contributed by atoms with Gasteiger partial charge in [-0.15, -0.1) is 0 Å².